The van der Waals surface area contributed by atoms with Crippen LogP contribution in [0.2, 0.25) is 0 Å². The summed E-state index contributed by atoms with van der Waals surface area (Å²) >= 11 is 0. The molecule has 0 radical (unpaired) electrons. The van der Waals surface area contributed by atoms with E-state index in [0.717, 1.165) is 33.0 Å². The van der Waals surface area contributed by atoms with Crippen LogP contribution in [0.15, 0.2) is 115 Å². The molecule has 6 rings (SSSR count). The molecule has 0 saturated carbocycles. The number of hydrogen-bond acceptors (Lipinski definition) is 3. The van der Waals surface area contributed by atoms with E-state index in [4.69, 9.17) is 9.47 Å². The van der Waals surface area contributed by atoms with E-state index in [1.807, 2.05) is 20.8 Å². The molecule has 1 N–H and O–H groups in total. The van der Waals surface area contributed by atoms with Crippen LogP contribution >= 0.6 is 7.92 Å². The van der Waals surface area contributed by atoms with Crippen LogP contribution in [-0.4, -0.2) is 15.7 Å². The molecule has 1 heterocycles. The van der Waals surface area contributed by atoms with Crippen LogP contribution in [0.5, 0.6) is 11.5 Å². The maximum Gasteiger partial charge on any atom is 0.231 e. The molecule has 0 spiro atoms. The molecule has 6 heteroatoms. The highest BCUT2D eigenvalue weighted by Gasteiger charge is 2.32. The van der Waals surface area contributed by atoms with E-state index in [2.05, 4.69) is 120 Å². The minimum atomic E-state index is -1.33. The summed E-state index contributed by atoms with van der Waals surface area (Å²) in [5.41, 5.74) is 2.11. The van der Waals surface area contributed by atoms with Crippen molar-refractivity contribution in [2.24, 2.45) is 0 Å². The summed E-state index contributed by atoms with van der Waals surface area (Å²) in [6.45, 7) is 6.18. The minimum absolute atomic E-state index is 0.188. The van der Waals surface area contributed by atoms with Gasteiger partial charge in [0, 0.05) is 0 Å². The largest absolute Gasteiger partial charge is 0.454 e. The zero-order valence-electron chi connectivity index (χ0n) is 22.8. The average Bonchev–Trinajstić information content (AvgIpc) is 3.44. The van der Waals surface area contributed by atoms with Gasteiger partial charge < -0.3 is 9.47 Å². The van der Waals surface area contributed by atoms with Crippen molar-refractivity contribution >= 4 is 45.6 Å². The van der Waals surface area contributed by atoms with E-state index in [9.17, 15) is 4.21 Å². The van der Waals surface area contributed by atoms with Crippen LogP contribution in [0, 0.1) is 0 Å². The first-order valence-electron chi connectivity index (χ1n) is 13.4. The topological polar surface area (TPSA) is 47.6 Å². The van der Waals surface area contributed by atoms with Gasteiger partial charge in [-0.15, -0.1) is 0 Å². The van der Waals surface area contributed by atoms with E-state index in [0.29, 0.717) is 5.75 Å². The first-order chi connectivity index (χ1) is 19.4. The Morgan fingerprint density at radius 2 is 1.30 bits per heavy atom. The summed E-state index contributed by atoms with van der Waals surface area (Å²) in [5.74, 6) is 1.45. The van der Waals surface area contributed by atoms with Crippen LogP contribution in [-0.2, 0) is 11.0 Å². The number of ether oxygens (including phenoxy) is 2. The molecule has 0 aliphatic carbocycles. The van der Waals surface area contributed by atoms with Gasteiger partial charge in [-0.3, -0.25) is 0 Å². The van der Waals surface area contributed by atoms with Crippen LogP contribution in [0.25, 0.3) is 10.8 Å². The lowest BCUT2D eigenvalue weighted by Crippen LogP contribution is -2.38. The lowest BCUT2D eigenvalue weighted by atomic mass is 9.94. The molecular weight excluding hydrogens is 533 g/mol. The van der Waals surface area contributed by atoms with Crippen molar-refractivity contribution < 1.29 is 13.7 Å². The molecule has 5 aromatic rings. The zero-order chi connectivity index (χ0) is 27.7. The third-order valence-electron chi connectivity index (χ3n) is 7.02. The molecule has 0 amide bonds. The number of nitrogens with one attached hydrogen (secondary N) is 1. The van der Waals surface area contributed by atoms with Crippen molar-refractivity contribution in [2.75, 3.05) is 6.79 Å². The first-order valence-corrected chi connectivity index (χ1v) is 15.9. The molecule has 202 valence electrons. The summed E-state index contributed by atoms with van der Waals surface area (Å²) in [7, 11) is -2.30. The maximum absolute atomic E-state index is 13.8. The predicted octanol–water partition coefficient (Wildman–Crippen LogP) is 6.47. The lowest BCUT2D eigenvalue weighted by Gasteiger charge is -2.30. The summed E-state index contributed by atoms with van der Waals surface area (Å²) in [6, 6.07) is 39.9. The molecule has 40 heavy (non-hydrogen) atoms. The predicted molar refractivity (Wildman–Crippen MR) is 168 cm³/mol. The summed E-state index contributed by atoms with van der Waals surface area (Å²) in [6.07, 6.45) is 0. The minimum Gasteiger partial charge on any atom is -0.454 e. The van der Waals surface area contributed by atoms with E-state index in [-0.39, 0.29) is 12.8 Å². The highest BCUT2D eigenvalue weighted by atomic mass is 32.2. The molecule has 0 fully saturated rings. The Balaban J connectivity index is 1.64. The zero-order valence-corrected chi connectivity index (χ0v) is 24.5. The van der Waals surface area contributed by atoms with Gasteiger partial charge in [0.1, 0.15) is 0 Å². The molecule has 0 aromatic heterocycles. The van der Waals surface area contributed by atoms with Crippen LogP contribution in [0.4, 0.5) is 0 Å². The SMILES string of the molecule is CC(C)(C)[S@@](=O)N[C@H](c1cc2c(cc1P(c1ccccc1)c1ccccc1)OCO2)c1cccc2ccccc12. The van der Waals surface area contributed by atoms with Gasteiger partial charge in [-0.1, -0.05) is 103 Å². The number of hydrogen-bond donors (Lipinski definition) is 1. The molecule has 0 unspecified atom stereocenters. The molecule has 4 nitrogen and oxygen atoms in total. The van der Waals surface area contributed by atoms with Crippen molar-refractivity contribution in [2.45, 2.75) is 31.6 Å². The van der Waals surface area contributed by atoms with Gasteiger partial charge in [0.25, 0.3) is 0 Å². The molecule has 2 atom stereocenters. The fraction of sp³-hybridized carbons (Fsp3) is 0.176. The molecular formula is C34H32NO3PS. The fourth-order valence-electron chi connectivity index (χ4n) is 5.03. The van der Waals surface area contributed by atoms with E-state index in [1.54, 1.807) is 0 Å². The van der Waals surface area contributed by atoms with Gasteiger partial charge in [-0.2, -0.15) is 0 Å². The Labute approximate surface area is 239 Å². The van der Waals surface area contributed by atoms with Crippen LogP contribution in [0.1, 0.15) is 37.9 Å². The molecule has 1 aliphatic heterocycles. The van der Waals surface area contributed by atoms with Gasteiger partial charge in [-0.25, -0.2) is 8.93 Å². The van der Waals surface area contributed by atoms with Gasteiger partial charge in [-0.05, 0) is 78.6 Å². The Kier molecular flexibility index (Phi) is 7.46. The second-order valence-electron chi connectivity index (χ2n) is 10.8. The third-order valence-corrected chi connectivity index (χ3v) is 11.1. The molecule has 0 bridgehead atoms. The van der Waals surface area contributed by atoms with Gasteiger partial charge in [0.15, 0.2) is 11.5 Å². The smallest absolute Gasteiger partial charge is 0.231 e. The Morgan fingerprint density at radius 1 is 0.725 bits per heavy atom. The number of rotatable bonds is 7. The van der Waals surface area contributed by atoms with Gasteiger partial charge in [0.2, 0.25) is 6.79 Å². The standard InChI is InChI=1S/C34H32NO3PS/c1-34(2,3)40(36)35-33(28-20-12-14-24-13-10-11-19-27(24)28)29-21-30-31(38-23-37-30)22-32(29)39(25-15-6-4-7-16-25)26-17-8-5-9-18-26/h4-22,33,35H,23H2,1-3H3/t33-,40+/m0/s1. The summed E-state index contributed by atoms with van der Waals surface area (Å²) in [4.78, 5) is 0. The average molecular weight is 566 g/mol. The Bertz CT molecular complexity index is 1620. The quantitative estimate of drug-likeness (QED) is 0.230. The summed E-state index contributed by atoms with van der Waals surface area (Å²) in [5, 5.41) is 5.88. The first kappa shape index (κ1) is 26.7. The van der Waals surface area contributed by atoms with Gasteiger partial charge >= 0.3 is 0 Å². The summed E-state index contributed by atoms with van der Waals surface area (Å²) < 4.78 is 28.7. The van der Waals surface area contributed by atoms with E-state index >= 15 is 0 Å². The third kappa shape index (κ3) is 5.30. The second kappa shape index (κ2) is 11.2. The second-order valence-corrected chi connectivity index (χ2v) is 15.0. The maximum atomic E-state index is 13.8. The van der Waals surface area contributed by atoms with Gasteiger partial charge in [0.05, 0.1) is 21.8 Å². The van der Waals surface area contributed by atoms with E-state index in [1.165, 1.54) is 10.6 Å². The van der Waals surface area contributed by atoms with Crippen molar-refractivity contribution in [1.29, 1.82) is 0 Å². The van der Waals surface area contributed by atoms with Crippen molar-refractivity contribution in [3.8, 4) is 11.5 Å². The van der Waals surface area contributed by atoms with Crippen LogP contribution < -0.4 is 30.1 Å². The van der Waals surface area contributed by atoms with Crippen molar-refractivity contribution in [1.82, 2.24) is 4.72 Å². The Morgan fingerprint density at radius 3 is 1.95 bits per heavy atom. The van der Waals surface area contributed by atoms with E-state index < -0.39 is 23.7 Å². The molecule has 1 aliphatic rings. The highest BCUT2D eigenvalue weighted by Crippen LogP contribution is 2.43. The fourth-order valence-corrected chi connectivity index (χ4v) is 8.35. The molecule has 0 saturated heterocycles. The Hall–Kier alpha value is -3.50. The van der Waals surface area contributed by atoms with Crippen LogP contribution in [0.3, 0.4) is 0 Å². The van der Waals surface area contributed by atoms with Crippen molar-refractivity contribution in [3.05, 3.63) is 126 Å². The molecule has 5 aromatic carbocycles. The number of benzene rings is 5. The number of fused-ring (bicyclic) bond motifs is 2. The normalized spacial score (nSPS) is 14.4. The lowest BCUT2D eigenvalue weighted by molar-refractivity contribution is 0.174. The highest BCUT2D eigenvalue weighted by molar-refractivity contribution is 7.84. The van der Waals surface area contributed by atoms with Crippen molar-refractivity contribution in [3.63, 3.8) is 0 Å². The monoisotopic (exact) mass is 565 g/mol.